The molecule has 0 N–H and O–H groups in total. The number of carbonyl (C=O) groups excluding carboxylic acids is 1. The molecule has 0 atom stereocenters. The molecule has 0 unspecified atom stereocenters. The predicted molar refractivity (Wildman–Crippen MR) is 122 cm³/mol. The van der Waals surface area contributed by atoms with Crippen molar-refractivity contribution in [3.63, 3.8) is 0 Å². The monoisotopic (exact) mass is 387 g/mol. The van der Waals surface area contributed by atoms with Crippen LogP contribution in [0.3, 0.4) is 0 Å². The number of piperidine rings is 1. The molecule has 29 heavy (non-hydrogen) atoms. The Kier molecular flexibility index (Phi) is 7.46. The van der Waals surface area contributed by atoms with Gasteiger partial charge < -0.3 is 9.64 Å². The van der Waals surface area contributed by atoms with Gasteiger partial charge in [-0.1, -0.05) is 36.4 Å². The van der Waals surface area contributed by atoms with Crippen molar-refractivity contribution in [3.8, 4) is 5.75 Å². The lowest BCUT2D eigenvalue weighted by Gasteiger charge is -2.28. The van der Waals surface area contributed by atoms with Crippen LogP contribution in [0.2, 0.25) is 0 Å². The van der Waals surface area contributed by atoms with Crippen molar-refractivity contribution in [1.82, 2.24) is 0 Å². The Hall–Kier alpha value is -3.07. The van der Waals surface area contributed by atoms with Crippen LogP contribution in [0.1, 0.15) is 36.0 Å². The maximum Gasteiger partial charge on any atom is 0.178 e. The van der Waals surface area contributed by atoms with Gasteiger partial charge in [0.15, 0.2) is 5.78 Å². The minimum Gasteiger partial charge on any atom is -0.496 e. The molecule has 3 nitrogen and oxygen atoms in total. The number of anilines is 1. The number of carbonyl (C=O) groups is 1. The van der Waals surface area contributed by atoms with E-state index in [4.69, 9.17) is 4.74 Å². The highest BCUT2D eigenvalue weighted by atomic mass is 16.5. The number of allylic oxidation sites excluding steroid dienone is 3. The van der Waals surface area contributed by atoms with Gasteiger partial charge in [0.25, 0.3) is 0 Å². The van der Waals surface area contributed by atoms with E-state index in [2.05, 4.69) is 35.7 Å². The molecule has 3 heteroatoms. The molecular weight excluding hydrogens is 358 g/mol. The van der Waals surface area contributed by atoms with E-state index in [9.17, 15) is 4.79 Å². The summed E-state index contributed by atoms with van der Waals surface area (Å²) in [7, 11) is 1.66. The van der Waals surface area contributed by atoms with Crippen LogP contribution in [-0.4, -0.2) is 26.0 Å². The number of rotatable bonds is 8. The Bertz CT molecular complexity index is 887. The maximum atomic E-state index is 12.2. The topological polar surface area (TPSA) is 29.5 Å². The lowest BCUT2D eigenvalue weighted by molar-refractivity contribution is -0.110. The van der Waals surface area contributed by atoms with Gasteiger partial charge in [-0.25, -0.2) is 0 Å². The van der Waals surface area contributed by atoms with Crippen LogP contribution in [-0.2, 0) is 11.2 Å². The molecule has 0 aliphatic carbocycles. The number of hydrogen-bond donors (Lipinski definition) is 0. The van der Waals surface area contributed by atoms with Gasteiger partial charge in [-0.15, -0.1) is 6.58 Å². The molecule has 1 fully saturated rings. The molecule has 1 saturated heterocycles. The Morgan fingerprint density at radius 1 is 1.00 bits per heavy atom. The quantitative estimate of drug-likeness (QED) is 0.429. The van der Waals surface area contributed by atoms with Crippen molar-refractivity contribution in [3.05, 3.63) is 84.0 Å². The van der Waals surface area contributed by atoms with Crippen molar-refractivity contribution < 1.29 is 9.53 Å². The summed E-state index contributed by atoms with van der Waals surface area (Å²) >= 11 is 0. The third kappa shape index (κ3) is 5.95. The van der Waals surface area contributed by atoms with E-state index < -0.39 is 0 Å². The zero-order chi connectivity index (χ0) is 20.5. The summed E-state index contributed by atoms with van der Waals surface area (Å²) in [6.45, 7) is 6.06. The first-order valence-corrected chi connectivity index (χ1v) is 10.2. The SMILES string of the molecule is C=CCc1cc(/C=C/C(=O)/C=C/c2ccc(N3CCCCC3)cc2)ccc1OC. The molecule has 0 bridgehead atoms. The zero-order valence-electron chi connectivity index (χ0n) is 17.1. The minimum atomic E-state index is -0.0359. The number of nitrogens with zero attached hydrogens (tertiary/aromatic N) is 1. The summed E-state index contributed by atoms with van der Waals surface area (Å²) in [4.78, 5) is 14.6. The molecule has 0 radical (unpaired) electrons. The van der Waals surface area contributed by atoms with Crippen molar-refractivity contribution in [2.24, 2.45) is 0 Å². The molecule has 0 amide bonds. The molecule has 0 spiro atoms. The predicted octanol–water partition coefficient (Wildman–Crippen LogP) is 5.71. The maximum absolute atomic E-state index is 12.2. The molecule has 1 aliphatic heterocycles. The first-order valence-electron chi connectivity index (χ1n) is 10.2. The normalized spacial score (nSPS) is 14.4. The highest BCUT2D eigenvalue weighted by Crippen LogP contribution is 2.22. The summed E-state index contributed by atoms with van der Waals surface area (Å²) in [5, 5.41) is 0. The van der Waals surface area contributed by atoms with E-state index in [-0.39, 0.29) is 5.78 Å². The first-order chi connectivity index (χ1) is 14.2. The minimum absolute atomic E-state index is 0.0359. The van der Waals surface area contributed by atoms with Crippen molar-refractivity contribution in [2.45, 2.75) is 25.7 Å². The van der Waals surface area contributed by atoms with Crippen LogP contribution in [0.25, 0.3) is 12.2 Å². The average Bonchev–Trinajstić information content (AvgIpc) is 2.77. The van der Waals surface area contributed by atoms with Crippen molar-refractivity contribution in [2.75, 3.05) is 25.1 Å². The van der Waals surface area contributed by atoms with Gasteiger partial charge in [0, 0.05) is 18.8 Å². The lowest BCUT2D eigenvalue weighted by atomic mass is 10.1. The van der Waals surface area contributed by atoms with E-state index in [1.165, 1.54) is 24.9 Å². The van der Waals surface area contributed by atoms with Crippen LogP contribution in [0.5, 0.6) is 5.75 Å². The molecule has 1 aliphatic rings. The molecule has 150 valence electrons. The van der Waals surface area contributed by atoms with Crippen LogP contribution in [0.15, 0.2) is 67.3 Å². The zero-order valence-corrected chi connectivity index (χ0v) is 17.1. The van der Waals surface area contributed by atoms with Crippen molar-refractivity contribution in [1.29, 1.82) is 0 Å². The Labute approximate surface area is 174 Å². The second-order valence-electron chi connectivity index (χ2n) is 7.27. The van der Waals surface area contributed by atoms with E-state index in [0.717, 1.165) is 42.0 Å². The Balaban J connectivity index is 1.60. The highest BCUT2D eigenvalue weighted by Gasteiger charge is 2.10. The fourth-order valence-electron chi connectivity index (χ4n) is 3.58. The summed E-state index contributed by atoms with van der Waals surface area (Å²) in [5.41, 5.74) is 4.32. The lowest BCUT2D eigenvalue weighted by Crippen LogP contribution is -2.29. The summed E-state index contributed by atoms with van der Waals surface area (Å²) < 4.78 is 5.36. The third-order valence-corrected chi connectivity index (χ3v) is 5.16. The number of methoxy groups -OCH3 is 1. The molecule has 2 aromatic carbocycles. The second kappa shape index (κ2) is 10.5. The fourth-order valence-corrected chi connectivity index (χ4v) is 3.58. The second-order valence-corrected chi connectivity index (χ2v) is 7.27. The molecule has 1 heterocycles. The fraction of sp³-hybridized carbons (Fsp3) is 0.269. The van der Waals surface area contributed by atoms with Gasteiger partial charge in [-0.2, -0.15) is 0 Å². The number of ether oxygens (including phenoxy) is 1. The van der Waals surface area contributed by atoms with Crippen LogP contribution < -0.4 is 9.64 Å². The molecule has 2 aromatic rings. The summed E-state index contributed by atoms with van der Waals surface area (Å²) in [6, 6.07) is 14.3. The smallest absolute Gasteiger partial charge is 0.178 e. The van der Waals surface area contributed by atoms with Gasteiger partial charge in [0.05, 0.1) is 7.11 Å². The summed E-state index contributed by atoms with van der Waals surface area (Å²) in [6.07, 6.45) is 13.3. The highest BCUT2D eigenvalue weighted by molar-refractivity contribution is 6.04. The van der Waals surface area contributed by atoms with E-state index in [1.54, 1.807) is 19.3 Å². The number of benzene rings is 2. The van der Waals surface area contributed by atoms with Gasteiger partial charge in [0.1, 0.15) is 5.75 Å². The van der Waals surface area contributed by atoms with E-state index in [1.807, 2.05) is 36.4 Å². The van der Waals surface area contributed by atoms with Gasteiger partial charge in [0.2, 0.25) is 0 Å². The van der Waals surface area contributed by atoms with Crippen LogP contribution in [0.4, 0.5) is 5.69 Å². The Morgan fingerprint density at radius 2 is 1.66 bits per heavy atom. The van der Waals surface area contributed by atoms with Crippen molar-refractivity contribution >= 4 is 23.6 Å². The molecule has 0 aromatic heterocycles. The number of hydrogen-bond acceptors (Lipinski definition) is 3. The van der Waals surface area contributed by atoms with Gasteiger partial charge in [-0.05, 0) is 78.8 Å². The van der Waals surface area contributed by atoms with Gasteiger partial charge in [-0.3, -0.25) is 4.79 Å². The van der Waals surface area contributed by atoms with Crippen LogP contribution in [0, 0.1) is 0 Å². The molecule has 0 saturated carbocycles. The largest absolute Gasteiger partial charge is 0.496 e. The standard InChI is InChI=1S/C26H29NO2/c1-3-7-23-20-22(12-17-26(23)29-2)11-16-25(28)15-10-21-8-13-24(14-9-21)27-18-5-4-6-19-27/h3,8-17,20H,1,4-7,18-19H2,2H3/b15-10+,16-11+. The third-order valence-electron chi connectivity index (χ3n) is 5.16. The van der Waals surface area contributed by atoms with E-state index >= 15 is 0 Å². The molecular formula is C26H29NO2. The van der Waals surface area contributed by atoms with E-state index in [0.29, 0.717) is 0 Å². The average molecular weight is 388 g/mol. The first kappa shape index (κ1) is 20.7. The van der Waals surface area contributed by atoms with Gasteiger partial charge >= 0.3 is 0 Å². The Morgan fingerprint density at radius 3 is 2.31 bits per heavy atom. The summed E-state index contributed by atoms with van der Waals surface area (Å²) in [5.74, 6) is 0.799. The molecule has 3 rings (SSSR count). The number of ketones is 1. The van der Waals surface area contributed by atoms with Crippen LogP contribution >= 0.6 is 0 Å².